The van der Waals surface area contributed by atoms with Crippen LogP contribution in [0.2, 0.25) is 0 Å². The summed E-state index contributed by atoms with van der Waals surface area (Å²) in [5, 5.41) is 0. The molecule has 0 atom stereocenters. The van der Waals surface area contributed by atoms with Crippen molar-refractivity contribution in [3.8, 4) is 0 Å². The first-order chi connectivity index (χ1) is 24.8. The second kappa shape index (κ2) is 46.5. The van der Waals surface area contributed by atoms with Crippen LogP contribution in [0.1, 0.15) is 296 Å². The Kier molecular flexibility index (Phi) is 46.0. The van der Waals surface area contributed by atoms with Gasteiger partial charge in [0, 0.05) is 6.42 Å². The largest absolute Gasteiger partial charge is 0.466 e. The summed E-state index contributed by atoms with van der Waals surface area (Å²) in [6.07, 6.45) is 62.7. The molecule has 0 aromatic carbocycles. The highest BCUT2D eigenvalue weighted by Gasteiger charge is 2.01. The van der Waals surface area contributed by atoms with Crippen molar-refractivity contribution in [2.24, 2.45) is 0 Å². The van der Waals surface area contributed by atoms with E-state index in [0.29, 0.717) is 13.0 Å². The van der Waals surface area contributed by atoms with Crippen molar-refractivity contribution >= 4 is 5.97 Å². The third-order valence-electron chi connectivity index (χ3n) is 11.3. The molecule has 0 amide bonds. The number of hydrogen-bond donors (Lipinski definition) is 0. The van der Waals surface area contributed by atoms with E-state index in [4.69, 9.17) is 4.74 Å². The summed E-state index contributed by atoms with van der Waals surface area (Å²) in [5.41, 5.74) is 0. The van der Waals surface area contributed by atoms with Gasteiger partial charge in [0.05, 0.1) is 6.61 Å². The highest BCUT2D eigenvalue weighted by atomic mass is 16.5. The van der Waals surface area contributed by atoms with E-state index < -0.39 is 0 Å². The predicted octanol–water partition coefficient (Wildman–Crippen LogP) is 17.7. The lowest BCUT2D eigenvalue weighted by atomic mass is 10.0. The van der Waals surface area contributed by atoms with Crippen LogP contribution in [0.4, 0.5) is 0 Å². The molecule has 0 rings (SSSR count). The third kappa shape index (κ3) is 45.5. The van der Waals surface area contributed by atoms with E-state index in [1.54, 1.807) is 0 Å². The zero-order valence-corrected chi connectivity index (χ0v) is 35.1. The van der Waals surface area contributed by atoms with Gasteiger partial charge in [-0.1, -0.05) is 277 Å². The average Bonchev–Trinajstić information content (AvgIpc) is 3.12. The molecule has 0 spiro atoms. The number of carbonyl (C=O) groups excluding carboxylic acids is 1. The van der Waals surface area contributed by atoms with Crippen molar-refractivity contribution in [1.82, 2.24) is 0 Å². The minimum atomic E-state index is -0.0236. The SMILES string of the molecule is CCCCCCCCCCCCCCCCCCCCCCCCCCCCCCCCCCCCCCCCCCCCCC(=O)OCC. The maximum atomic E-state index is 11.3. The average molecular weight is 705 g/mol. The Morgan fingerprint density at radius 1 is 0.260 bits per heavy atom. The smallest absolute Gasteiger partial charge is 0.305 e. The highest BCUT2D eigenvalue weighted by molar-refractivity contribution is 5.69. The number of ether oxygens (including phenoxy) is 1. The molecule has 0 bridgehead atoms. The van der Waals surface area contributed by atoms with Crippen LogP contribution < -0.4 is 0 Å². The van der Waals surface area contributed by atoms with E-state index in [9.17, 15) is 4.79 Å². The molecule has 0 aliphatic carbocycles. The van der Waals surface area contributed by atoms with Crippen LogP contribution in [0.5, 0.6) is 0 Å². The van der Waals surface area contributed by atoms with Gasteiger partial charge in [0.25, 0.3) is 0 Å². The minimum absolute atomic E-state index is 0.0236. The summed E-state index contributed by atoms with van der Waals surface area (Å²) in [4.78, 5) is 11.3. The monoisotopic (exact) mass is 705 g/mol. The third-order valence-corrected chi connectivity index (χ3v) is 11.3. The first kappa shape index (κ1) is 49.5. The standard InChI is InChI=1S/C48H96O2/c1-3-5-6-7-8-9-10-11-12-13-14-15-16-17-18-19-20-21-22-23-24-25-26-27-28-29-30-31-32-33-34-35-36-37-38-39-40-41-42-43-44-45-46-47-48(49)50-4-2/h3-47H2,1-2H3. The molecule has 50 heavy (non-hydrogen) atoms. The van der Waals surface area contributed by atoms with Crippen LogP contribution >= 0.6 is 0 Å². The zero-order chi connectivity index (χ0) is 36.1. The van der Waals surface area contributed by atoms with Crippen LogP contribution in [-0.2, 0) is 9.53 Å². The quantitative estimate of drug-likeness (QED) is 0.0466. The molecule has 0 saturated heterocycles. The predicted molar refractivity (Wildman–Crippen MR) is 225 cm³/mol. The van der Waals surface area contributed by atoms with Crippen LogP contribution in [0.25, 0.3) is 0 Å². The van der Waals surface area contributed by atoms with Gasteiger partial charge in [-0.3, -0.25) is 4.79 Å². The Morgan fingerprint density at radius 2 is 0.420 bits per heavy atom. The fourth-order valence-electron chi connectivity index (χ4n) is 7.82. The molecule has 0 heterocycles. The van der Waals surface area contributed by atoms with E-state index in [0.717, 1.165) is 6.42 Å². The summed E-state index contributed by atoms with van der Waals surface area (Å²) in [6, 6.07) is 0. The summed E-state index contributed by atoms with van der Waals surface area (Å²) >= 11 is 0. The summed E-state index contributed by atoms with van der Waals surface area (Å²) < 4.78 is 4.98. The lowest BCUT2D eigenvalue weighted by molar-refractivity contribution is -0.143. The van der Waals surface area contributed by atoms with E-state index in [2.05, 4.69) is 6.92 Å². The molecule has 0 aromatic heterocycles. The number of unbranched alkanes of at least 4 members (excludes halogenated alkanes) is 42. The van der Waals surface area contributed by atoms with Crippen molar-refractivity contribution in [2.45, 2.75) is 296 Å². The summed E-state index contributed by atoms with van der Waals surface area (Å²) in [7, 11) is 0. The summed E-state index contributed by atoms with van der Waals surface area (Å²) in [5.74, 6) is -0.0236. The second-order valence-electron chi connectivity index (χ2n) is 16.4. The van der Waals surface area contributed by atoms with E-state index in [-0.39, 0.29) is 5.97 Å². The highest BCUT2D eigenvalue weighted by Crippen LogP contribution is 2.18. The number of carbonyl (C=O) groups is 1. The maximum absolute atomic E-state index is 11.3. The fraction of sp³-hybridized carbons (Fsp3) is 0.979. The molecular weight excluding hydrogens is 609 g/mol. The lowest BCUT2D eigenvalue weighted by Crippen LogP contribution is -2.03. The van der Waals surface area contributed by atoms with Gasteiger partial charge in [-0.2, -0.15) is 0 Å². The zero-order valence-electron chi connectivity index (χ0n) is 35.1. The van der Waals surface area contributed by atoms with E-state index >= 15 is 0 Å². The van der Waals surface area contributed by atoms with Crippen molar-refractivity contribution < 1.29 is 9.53 Å². The first-order valence-electron chi connectivity index (χ1n) is 24.0. The fourth-order valence-corrected chi connectivity index (χ4v) is 7.82. The van der Waals surface area contributed by atoms with Gasteiger partial charge in [0.2, 0.25) is 0 Å². The molecule has 0 N–H and O–H groups in total. The van der Waals surface area contributed by atoms with Crippen molar-refractivity contribution in [3.63, 3.8) is 0 Å². The number of esters is 1. The second-order valence-corrected chi connectivity index (χ2v) is 16.4. The molecule has 0 radical (unpaired) electrons. The van der Waals surface area contributed by atoms with Crippen LogP contribution in [0.3, 0.4) is 0 Å². The van der Waals surface area contributed by atoms with Crippen molar-refractivity contribution in [3.05, 3.63) is 0 Å². The molecule has 2 heteroatoms. The normalized spacial score (nSPS) is 11.5. The molecule has 300 valence electrons. The molecule has 0 fully saturated rings. The minimum Gasteiger partial charge on any atom is -0.466 e. The van der Waals surface area contributed by atoms with Crippen molar-refractivity contribution in [1.29, 1.82) is 0 Å². The number of rotatable bonds is 45. The molecule has 0 aromatic rings. The topological polar surface area (TPSA) is 26.3 Å². The van der Waals surface area contributed by atoms with Crippen LogP contribution in [-0.4, -0.2) is 12.6 Å². The molecule has 0 aliphatic rings. The Hall–Kier alpha value is -0.530. The van der Waals surface area contributed by atoms with E-state index in [1.807, 2.05) is 6.92 Å². The van der Waals surface area contributed by atoms with Gasteiger partial charge in [0.15, 0.2) is 0 Å². The molecule has 2 nitrogen and oxygen atoms in total. The molecular formula is C48H96O2. The summed E-state index contributed by atoms with van der Waals surface area (Å²) in [6.45, 7) is 4.70. The van der Waals surface area contributed by atoms with Gasteiger partial charge in [-0.05, 0) is 13.3 Å². The van der Waals surface area contributed by atoms with Gasteiger partial charge >= 0.3 is 5.97 Å². The Labute approximate surface area is 317 Å². The Balaban J connectivity index is 3.06. The first-order valence-corrected chi connectivity index (χ1v) is 24.0. The molecule has 0 saturated carbocycles. The van der Waals surface area contributed by atoms with Gasteiger partial charge in [-0.25, -0.2) is 0 Å². The molecule has 0 aliphatic heterocycles. The van der Waals surface area contributed by atoms with Gasteiger partial charge < -0.3 is 4.74 Å². The Morgan fingerprint density at radius 3 is 0.580 bits per heavy atom. The molecule has 0 unspecified atom stereocenters. The van der Waals surface area contributed by atoms with Crippen LogP contribution in [0.15, 0.2) is 0 Å². The number of hydrogen-bond acceptors (Lipinski definition) is 2. The maximum Gasteiger partial charge on any atom is 0.305 e. The van der Waals surface area contributed by atoms with Gasteiger partial charge in [-0.15, -0.1) is 0 Å². The van der Waals surface area contributed by atoms with Crippen molar-refractivity contribution in [2.75, 3.05) is 6.61 Å². The van der Waals surface area contributed by atoms with Crippen LogP contribution in [0, 0.1) is 0 Å². The Bertz CT molecular complexity index is 601. The van der Waals surface area contributed by atoms with E-state index in [1.165, 1.54) is 270 Å². The van der Waals surface area contributed by atoms with Gasteiger partial charge in [0.1, 0.15) is 0 Å². The lowest BCUT2D eigenvalue weighted by Gasteiger charge is -2.05.